The second-order valence-electron chi connectivity index (χ2n) is 13.4. The number of rotatable bonds is 11. The molecule has 10 heteroatoms. The molecule has 0 radical (unpaired) electrons. The third-order valence-corrected chi connectivity index (χ3v) is 10.5. The van der Waals surface area contributed by atoms with Gasteiger partial charge in [-0.1, -0.05) is 5.57 Å². The lowest BCUT2D eigenvalue weighted by Crippen LogP contribution is -2.59. The summed E-state index contributed by atoms with van der Waals surface area (Å²) in [4.78, 5) is 29.0. The van der Waals surface area contributed by atoms with Crippen LogP contribution in [0.1, 0.15) is 64.4 Å². The van der Waals surface area contributed by atoms with Crippen LogP contribution in [0.2, 0.25) is 0 Å². The van der Waals surface area contributed by atoms with Crippen LogP contribution in [0, 0.1) is 26.7 Å². The Hall–Kier alpha value is -2.15. The highest BCUT2D eigenvalue weighted by Crippen LogP contribution is 2.60. The SMILES string of the molecule is COc1cc(CO)cc(I)c1OC1C=C(C(=O)NCCO)CC(N(CC23CC4CC(CC(C4)C2)C3)C(=O)C=C(C)C)C1O. The van der Waals surface area contributed by atoms with Gasteiger partial charge in [0.1, 0.15) is 12.2 Å². The molecule has 0 aliphatic heterocycles. The van der Waals surface area contributed by atoms with E-state index in [1.54, 1.807) is 24.3 Å². The average Bonchev–Trinajstić information content (AvgIpc) is 2.95. The van der Waals surface area contributed by atoms with E-state index in [0.717, 1.165) is 24.8 Å². The molecule has 5 aliphatic carbocycles. The van der Waals surface area contributed by atoms with E-state index in [1.165, 1.54) is 26.4 Å². The Balaban J connectivity index is 1.51. The van der Waals surface area contributed by atoms with Crippen LogP contribution < -0.4 is 14.8 Å². The first-order chi connectivity index (χ1) is 20.5. The molecule has 236 valence electrons. The fourth-order valence-corrected chi connectivity index (χ4v) is 9.22. The average molecular weight is 709 g/mol. The van der Waals surface area contributed by atoms with E-state index in [9.17, 15) is 24.9 Å². The zero-order valence-electron chi connectivity index (χ0n) is 25.4. The van der Waals surface area contributed by atoms with Crippen molar-refractivity contribution in [2.24, 2.45) is 23.2 Å². The van der Waals surface area contributed by atoms with Gasteiger partial charge in [0.05, 0.1) is 29.9 Å². The molecule has 6 rings (SSSR count). The van der Waals surface area contributed by atoms with E-state index in [0.29, 0.717) is 50.5 Å². The number of nitrogens with zero attached hydrogens (tertiary/aromatic N) is 1. The van der Waals surface area contributed by atoms with Crippen molar-refractivity contribution >= 4 is 34.4 Å². The van der Waals surface area contributed by atoms with Gasteiger partial charge in [-0.3, -0.25) is 9.59 Å². The van der Waals surface area contributed by atoms with E-state index >= 15 is 0 Å². The van der Waals surface area contributed by atoms with E-state index in [2.05, 4.69) is 27.9 Å². The van der Waals surface area contributed by atoms with Gasteiger partial charge in [-0.2, -0.15) is 0 Å². The minimum Gasteiger partial charge on any atom is -0.493 e. The first kappa shape index (κ1) is 32.2. The van der Waals surface area contributed by atoms with Gasteiger partial charge in [-0.05, 0) is 122 Å². The molecule has 9 nitrogen and oxygen atoms in total. The van der Waals surface area contributed by atoms with E-state index < -0.39 is 18.2 Å². The second-order valence-corrected chi connectivity index (χ2v) is 14.6. The molecule has 43 heavy (non-hydrogen) atoms. The Kier molecular flexibility index (Phi) is 10.1. The third kappa shape index (κ3) is 7.07. The molecule has 0 saturated heterocycles. The van der Waals surface area contributed by atoms with Crippen molar-refractivity contribution < 1.29 is 34.4 Å². The molecule has 3 atom stereocenters. The van der Waals surface area contributed by atoms with Crippen LogP contribution >= 0.6 is 22.6 Å². The summed E-state index contributed by atoms with van der Waals surface area (Å²) in [6.07, 6.45) is 8.54. The van der Waals surface area contributed by atoms with Crippen molar-refractivity contribution in [1.82, 2.24) is 10.2 Å². The number of aliphatic hydroxyl groups excluding tert-OH is 3. The van der Waals surface area contributed by atoms with Gasteiger partial charge in [0, 0.05) is 31.2 Å². The maximum atomic E-state index is 14.0. The largest absolute Gasteiger partial charge is 0.493 e. The highest BCUT2D eigenvalue weighted by molar-refractivity contribution is 14.1. The summed E-state index contributed by atoms with van der Waals surface area (Å²) in [6.45, 7) is 4.06. The molecule has 2 amide bonds. The van der Waals surface area contributed by atoms with Crippen molar-refractivity contribution in [3.8, 4) is 11.5 Å². The zero-order chi connectivity index (χ0) is 30.9. The molecule has 4 bridgehead atoms. The van der Waals surface area contributed by atoms with Crippen LogP contribution in [0.5, 0.6) is 11.5 Å². The third-order valence-electron chi connectivity index (χ3n) is 9.71. The van der Waals surface area contributed by atoms with Gasteiger partial charge in [0.15, 0.2) is 11.5 Å². The van der Waals surface area contributed by atoms with Crippen molar-refractivity contribution in [2.75, 3.05) is 26.8 Å². The number of ether oxygens (including phenoxy) is 2. The molecule has 4 N–H and O–H groups in total. The number of methoxy groups -OCH3 is 1. The molecule has 0 heterocycles. The van der Waals surface area contributed by atoms with Crippen molar-refractivity contribution in [2.45, 2.75) is 83.6 Å². The molecule has 1 aromatic rings. The molecule has 4 fully saturated rings. The first-order valence-corrected chi connectivity index (χ1v) is 16.5. The molecule has 0 aromatic heterocycles. The molecular weight excluding hydrogens is 663 g/mol. The summed E-state index contributed by atoms with van der Waals surface area (Å²) in [7, 11) is 1.51. The van der Waals surface area contributed by atoms with Gasteiger partial charge < -0.3 is 35.0 Å². The fraction of sp³-hybridized carbons (Fsp3) is 0.636. The van der Waals surface area contributed by atoms with Crippen molar-refractivity contribution in [1.29, 1.82) is 0 Å². The van der Waals surface area contributed by atoms with Gasteiger partial charge in [0.25, 0.3) is 0 Å². The maximum absolute atomic E-state index is 14.0. The molecule has 5 aliphatic rings. The molecule has 3 unspecified atom stereocenters. The Morgan fingerprint density at radius 1 is 1.12 bits per heavy atom. The van der Waals surface area contributed by atoms with Crippen LogP contribution in [0.4, 0.5) is 0 Å². The summed E-state index contributed by atoms with van der Waals surface area (Å²) >= 11 is 2.10. The summed E-state index contributed by atoms with van der Waals surface area (Å²) in [5, 5.41) is 33.7. The summed E-state index contributed by atoms with van der Waals surface area (Å²) < 4.78 is 12.7. The lowest BCUT2D eigenvalue weighted by atomic mass is 9.49. The Morgan fingerprint density at radius 3 is 2.33 bits per heavy atom. The number of carbonyl (C=O) groups excluding carboxylic acids is 2. The van der Waals surface area contributed by atoms with Crippen molar-refractivity contribution in [3.05, 3.63) is 44.6 Å². The lowest BCUT2D eigenvalue weighted by molar-refractivity contribution is -0.142. The monoisotopic (exact) mass is 708 g/mol. The first-order valence-electron chi connectivity index (χ1n) is 15.4. The zero-order valence-corrected chi connectivity index (χ0v) is 27.5. The number of carbonyl (C=O) groups is 2. The number of nitrogens with one attached hydrogen (secondary N) is 1. The van der Waals surface area contributed by atoms with Gasteiger partial charge in [-0.25, -0.2) is 0 Å². The number of halogens is 1. The van der Waals surface area contributed by atoms with Crippen LogP contribution in [0.15, 0.2) is 35.4 Å². The van der Waals surface area contributed by atoms with Crippen LogP contribution in [0.25, 0.3) is 0 Å². The maximum Gasteiger partial charge on any atom is 0.247 e. The highest BCUT2D eigenvalue weighted by Gasteiger charge is 2.53. The predicted octanol–water partition coefficient (Wildman–Crippen LogP) is 3.72. The number of allylic oxidation sites excluding steroid dienone is 1. The predicted molar refractivity (Wildman–Crippen MR) is 170 cm³/mol. The van der Waals surface area contributed by atoms with E-state index in [4.69, 9.17) is 9.47 Å². The van der Waals surface area contributed by atoms with Gasteiger partial charge >= 0.3 is 0 Å². The number of hydrogen-bond acceptors (Lipinski definition) is 7. The number of amides is 2. The Morgan fingerprint density at radius 2 is 1.77 bits per heavy atom. The Labute approximate surface area is 267 Å². The summed E-state index contributed by atoms with van der Waals surface area (Å²) in [6, 6.07) is 2.77. The van der Waals surface area contributed by atoms with Crippen LogP contribution in [-0.2, 0) is 16.2 Å². The summed E-state index contributed by atoms with van der Waals surface area (Å²) in [5.74, 6) is 2.38. The second kappa shape index (κ2) is 13.5. The van der Waals surface area contributed by atoms with Crippen LogP contribution in [-0.4, -0.2) is 77.1 Å². The molecule has 0 spiro atoms. The number of hydrogen-bond donors (Lipinski definition) is 4. The standard InChI is InChI=1S/C33H45IN2O7/c1-19(2)6-29(39)36(18-33-14-20-7-21(15-33)9-22(8-20)16-33)26-12-24(32(41)35-4-5-37)13-27(30(26)40)43-31-25(34)10-23(17-38)11-28(31)42-3/h6,10-11,13,20-22,26-27,30,37-38,40H,4-5,7-9,12,14-18H2,1-3H3,(H,35,41). The van der Waals surface area contributed by atoms with E-state index in [1.807, 2.05) is 18.7 Å². The molecule has 4 saturated carbocycles. The van der Waals surface area contributed by atoms with Gasteiger partial charge in [0.2, 0.25) is 11.8 Å². The van der Waals surface area contributed by atoms with Crippen LogP contribution in [0.3, 0.4) is 0 Å². The van der Waals surface area contributed by atoms with E-state index in [-0.39, 0.29) is 43.4 Å². The minimum atomic E-state index is -1.11. The normalized spacial score (nSPS) is 30.8. The fourth-order valence-electron chi connectivity index (χ4n) is 8.43. The Bertz CT molecular complexity index is 1240. The molecular formula is C33H45IN2O7. The number of benzene rings is 1. The topological polar surface area (TPSA) is 129 Å². The van der Waals surface area contributed by atoms with Crippen molar-refractivity contribution in [3.63, 3.8) is 0 Å². The lowest BCUT2D eigenvalue weighted by Gasteiger charge is -2.58. The number of aliphatic hydroxyl groups is 3. The van der Waals surface area contributed by atoms with Gasteiger partial charge in [-0.15, -0.1) is 0 Å². The molecule has 1 aromatic carbocycles. The summed E-state index contributed by atoms with van der Waals surface area (Å²) in [5.41, 5.74) is 1.95. The minimum absolute atomic E-state index is 0.0230. The smallest absolute Gasteiger partial charge is 0.247 e. The quantitative estimate of drug-likeness (QED) is 0.204. The highest BCUT2D eigenvalue weighted by atomic mass is 127.